The first-order valence-electron chi connectivity index (χ1n) is 6.06. The van der Waals surface area contributed by atoms with Crippen molar-refractivity contribution in [1.29, 1.82) is 5.26 Å². The Morgan fingerprint density at radius 3 is 2.67 bits per heavy atom. The summed E-state index contributed by atoms with van der Waals surface area (Å²) in [7, 11) is 0. The lowest BCUT2D eigenvalue weighted by Crippen LogP contribution is -1.85. The quantitative estimate of drug-likeness (QED) is 0.619. The van der Waals surface area contributed by atoms with Gasteiger partial charge in [0.1, 0.15) is 11.2 Å². The minimum Gasteiger partial charge on any atom is -0.456 e. The molecule has 0 spiro atoms. The van der Waals surface area contributed by atoms with E-state index in [0.717, 1.165) is 21.9 Å². The van der Waals surface area contributed by atoms with Crippen LogP contribution in [0.3, 0.4) is 0 Å². The van der Waals surface area contributed by atoms with Crippen molar-refractivity contribution in [1.82, 2.24) is 0 Å². The van der Waals surface area contributed by atoms with Gasteiger partial charge in [-0.1, -0.05) is 26.0 Å². The van der Waals surface area contributed by atoms with Crippen molar-refractivity contribution < 1.29 is 4.42 Å². The van der Waals surface area contributed by atoms with Gasteiger partial charge in [0.15, 0.2) is 0 Å². The topological polar surface area (TPSA) is 36.9 Å². The fraction of sp³-hybridized carbons (Fsp3) is 0.188. The summed E-state index contributed by atoms with van der Waals surface area (Å²) in [4.78, 5) is 0. The summed E-state index contributed by atoms with van der Waals surface area (Å²) in [6.45, 7) is 4.32. The second-order valence-corrected chi connectivity index (χ2v) is 4.80. The Morgan fingerprint density at radius 1 is 1.11 bits per heavy atom. The van der Waals surface area contributed by atoms with E-state index < -0.39 is 0 Å². The molecule has 1 aromatic heterocycles. The molecule has 0 bridgehead atoms. The number of rotatable bonds is 1. The van der Waals surface area contributed by atoms with Crippen LogP contribution in [0, 0.1) is 11.3 Å². The highest BCUT2D eigenvalue weighted by Crippen LogP contribution is 2.32. The summed E-state index contributed by atoms with van der Waals surface area (Å²) >= 11 is 0. The van der Waals surface area contributed by atoms with E-state index in [1.165, 1.54) is 5.56 Å². The van der Waals surface area contributed by atoms with Gasteiger partial charge >= 0.3 is 0 Å². The van der Waals surface area contributed by atoms with Crippen LogP contribution in [0.2, 0.25) is 0 Å². The maximum Gasteiger partial charge on any atom is 0.136 e. The lowest BCUT2D eigenvalue weighted by molar-refractivity contribution is 0.668. The van der Waals surface area contributed by atoms with Gasteiger partial charge in [0.05, 0.1) is 11.6 Å². The Kier molecular flexibility index (Phi) is 2.34. The molecule has 2 aromatic carbocycles. The fourth-order valence-corrected chi connectivity index (χ4v) is 2.30. The Labute approximate surface area is 105 Å². The Morgan fingerprint density at radius 2 is 1.94 bits per heavy atom. The maximum absolute atomic E-state index is 9.20. The van der Waals surface area contributed by atoms with Crippen molar-refractivity contribution in [2.75, 3.05) is 0 Å². The molecule has 2 heteroatoms. The lowest BCUT2D eigenvalue weighted by Gasteiger charge is -2.04. The number of furan rings is 1. The number of hydrogen-bond acceptors (Lipinski definition) is 2. The van der Waals surface area contributed by atoms with Crippen LogP contribution in [0.15, 0.2) is 40.8 Å². The van der Waals surface area contributed by atoms with Crippen LogP contribution in [0.5, 0.6) is 0 Å². The highest BCUT2D eigenvalue weighted by atomic mass is 16.3. The summed E-state index contributed by atoms with van der Waals surface area (Å²) < 4.78 is 5.78. The van der Waals surface area contributed by atoms with Crippen molar-refractivity contribution in [2.24, 2.45) is 0 Å². The second-order valence-electron chi connectivity index (χ2n) is 4.80. The Bertz CT molecular complexity index is 775. The minimum absolute atomic E-state index is 0.466. The first kappa shape index (κ1) is 10.9. The summed E-state index contributed by atoms with van der Waals surface area (Å²) in [5, 5.41) is 11.2. The molecule has 0 unspecified atom stereocenters. The molecule has 0 fully saturated rings. The molecule has 0 aliphatic heterocycles. The average Bonchev–Trinajstić information content (AvgIpc) is 2.75. The summed E-state index contributed by atoms with van der Waals surface area (Å²) in [6.07, 6.45) is 0. The molecule has 0 N–H and O–H groups in total. The lowest BCUT2D eigenvalue weighted by atomic mass is 9.99. The molecule has 88 valence electrons. The van der Waals surface area contributed by atoms with E-state index in [0.29, 0.717) is 11.5 Å². The highest BCUT2D eigenvalue weighted by Gasteiger charge is 2.11. The van der Waals surface area contributed by atoms with E-state index in [1.807, 2.05) is 24.3 Å². The zero-order chi connectivity index (χ0) is 12.7. The van der Waals surface area contributed by atoms with Crippen molar-refractivity contribution in [3.05, 3.63) is 47.5 Å². The Hall–Kier alpha value is -2.27. The minimum atomic E-state index is 0.466. The van der Waals surface area contributed by atoms with Gasteiger partial charge in [-0.05, 0) is 35.7 Å². The van der Waals surface area contributed by atoms with Gasteiger partial charge in [0, 0.05) is 10.8 Å². The van der Waals surface area contributed by atoms with Gasteiger partial charge in [0.2, 0.25) is 0 Å². The van der Waals surface area contributed by atoms with Crippen LogP contribution in [0.1, 0.15) is 30.9 Å². The number of hydrogen-bond donors (Lipinski definition) is 0. The SMILES string of the molecule is CC(C)c1ccc2oc3cccc(C#N)c3c2c1. The number of fused-ring (bicyclic) bond motifs is 3. The van der Waals surface area contributed by atoms with E-state index >= 15 is 0 Å². The van der Waals surface area contributed by atoms with Crippen molar-refractivity contribution >= 4 is 21.9 Å². The molecule has 3 aromatic rings. The second kappa shape index (κ2) is 3.89. The highest BCUT2D eigenvalue weighted by molar-refractivity contribution is 6.07. The van der Waals surface area contributed by atoms with E-state index in [1.54, 1.807) is 0 Å². The van der Waals surface area contributed by atoms with Crippen LogP contribution in [-0.2, 0) is 0 Å². The zero-order valence-electron chi connectivity index (χ0n) is 10.4. The van der Waals surface area contributed by atoms with Gasteiger partial charge in [-0.25, -0.2) is 0 Å². The van der Waals surface area contributed by atoms with E-state index in [9.17, 15) is 5.26 Å². The van der Waals surface area contributed by atoms with Crippen molar-refractivity contribution in [3.63, 3.8) is 0 Å². The number of nitrogens with zero attached hydrogens (tertiary/aromatic N) is 1. The van der Waals surface area contributed by atoms with E-state index in [2.05, 4.69) is 32.0 Å². The molecule has 3 rings (SSSR count). The van der Waals surface area contributed by atoms with Crippen LogP contribution in [0.4, 0.5) is 0 Å². The standard InChI is InChI=1S/C16H13NO/c1-10(2)11-6-7-14-13(8-11)16-12(9-17)4-3-5-15(16)18-14/h3-8,10H,1-2H3. The number of nitriles is 1. The first-order chi connectivity index (χ1) is 8.70. The predicted octanol–water partition coefficient (Wildman–Crippen LogP) is 4.58. The van der Waals surface area contributed by atoms with Crippen LogP contribution >= 0.6 is 0 Å². The van der Waals surface area contributed by atoms with Gasteiger partial charge in [0.25, 0.3) is 0 Å². The van der Waals surface area contributed by atoms with Crippen molar-refractivity contribution in [3.8, 4) is 6.07 Å². The van der Waals surface area contributed by atoms with Gasteiger partial charge in [-0.3, -0.25) is 0 Å². The molecule has 0 saturated heterocycles. The summed E-state index contributed by atoms with van der Waals surface area (Å²) in [5.41, 5.74) is 3.56. The summed E-state index contributed by atoms with van der Waals surface area (Å²) in [5.74, 6) is 0.466. The molecule has 18 heavy (non-hydrogen) atoms. The third-order valence-electron chi connectivity index (χ3n) is 3.31. The fourth-order valence-electron chi connectivity index (χ4n) is 2.30. The Balaban J connectivity index is 2.46. The zero-order valence-corrected chi connectivity index (χ0v) is 10.4. The molecule has 0 aliphatic carbocycles. The molecule has 0 aliphatic rings. The monoisotopic (exact) mass is 235 g/mol. The first-order valence-corrected chi connectivity index (χ1v) is 6.06. The van der Waals surface area contributed by atoms with Crippen LogP contribution in [-0.4, -0.2) is 0 Å². The van der Waals surface area contributed by atoms with Gasteiger partial charge in [-0.15, -0.1) is 0 Å². The summed E-state index contributed by atoms with van der Waals surface area (Å²) in [6, 6.07) is 14.0. The maximum atomic E-state index is 9.20. The van der Waals surface area contributed by atoms with E-state index in [-0.39, 0.29) is 0 Å². The van der Waals surface area contributed by atoms with Crippen LogP contribution in [0.25, 0.3) is 21.9 Å². The molecule has 0 atom stereocenters. The van der Waals surface area contributed by atoms with Crippen molar-refractivity contribution in [2.45, 2.75) is 19.8 Å². The normalized spacial score (nSPS) is 11.2. The largest absolute Gasteiger partial charge is 0.456 e. The molecule has 0 saturated carbocycles. The van der Waals surface area contributed by atoms with Gasteiger partial charge in [-0.2, -0.15) is 5.26 Å². The van der Waals surface area contributed by atoms with Crippen LogP contribution < -0.4 is 0 Å². The number of benzene rings is 2. The third-order valence-corrected chi connectivity index (χ3v) is 3.31. The molecule has 0 amide bonds. The third kappa shape index (κ3) is 1.48. The molecular formula is C16H13NO. The molecule has 0 radical (unpaired) electrons. The van der Waals surface area contributed by atoms with Gasteiger partial charge < -0.3 is 4.42 Å². The molecular weight excluding hydrogens is 222 g/mol. The van der Waals surface area contributed by atoms with E-state index in [4.69, 9.17) is 4.42 Å². The average molecular weight is 235 g/mol. The molecule has 2 nitrogen and oxygen atoms in total. The smallest absolute Gasteiger partial charge is 0.136 e. The molecule has 1 heterocycles. The predicted molar refractivity (Wildman–Crippen MR) is 72.5 cm³/mol.